The summed E-state index contributed by atoms with van der Waals surface area (Å²) in [4.78, 5) is 8.51. The molecule has 0 aliphatic carbocycles. The number of fused-ring (bicyclic) bond motifs is 1. The lowest BCUT2D eigenvalue weighted by Crippen LogP contribution is -2.31. The third-order valence-corrected chi connectivity index (χ3v) is 4.15. The number of hydrogen-bond acceptors (Lipinski definition) is 7. The number of aryl methyl sites for hydroxylation is 1. The zero-order chi connectivity index (χ0) is 18.4. The van der Waals surface area contributed by atoms with E-state index in [1.165, 1.54) is 14.2 Å². The van der Waals surface area contributed by atoms with Crippen molar-refractivity contribution < 1.29 is 19.3 Å². The Balaban J connectivity index is 2.31. The van der Waals surface area contributed by atoms with Gasteiger partial charge >= 0.3 is 6.01 Å². The molecule has 25 heavy (non-hydrogen) atoms. The molecule has 7 nitrogen and oxygen atoms in total. The molecular weight excluding hydrogens is 322 g/mol. The van der Waals surface area contributed by atoms with Crippen molar-refractivity contribution >= 4 is 0 Å². The number of ether oxygens (including phenoxy) is 3. The van der Waals surface area contributed by atoms with Crippen LogP contribution in [0.2, 0.25) is 0 Å². The van der Waals surface area contributed by atoms with E-state index in [-0.39, 0.29) is 17.6 Å². The molecule has 1 aromatic heterocycles. The Labute approximate surface area is 145 Å². The fraction of sp³-hybridized carbons (Fsp3) is 0.389. The first-order chi connectivity index (χ1) is 11.7. The van der Waals surface area contributed by atoms with Gasteiger partial charge in [0.15, 0.2) is 0 Å². The fourth-order valence-electron chi connectivity index (χ4n) is 3.16. The van der Waals surface area contributed by atoms with E-state index < -0.39 is 11.4 Å². The van der Waals surface area contributed by atoms with Crippen LogP contribution in [0.25, 0.3) is 0 Å². The number of benzene rings is 1. The van der Waals surface area contributed by atoms with Crippen LogP contribution in [-0.4, -0.2) is 29.3 Å². The van der Waals surface area contributed by atoms with E-state index in [9.17, 15) is 10.4 Å². The quantitative estimate of drug-likeness (QED) is 0.913. The molecule has 1 aliphatic rings. The number of nitriles is 1. The minimum absolute atomic E-state index is 0.0588. The molecule has 2 heterocycles. The molecule has 7 heteroatoms. The van der Waals surface area contributed by atoms with E-state index in [1.54, 1.807) is 32.0 Å². The normalized spacial score (nSPS) is 20.7. The van der Waals surface area contributed by atoms with Crippen LogP contribution in [-0.2, 0) is 16.1 Å². The Kier molecular flexibility index (Phi) is 3.90. The smallest absolute Gasteiger partial charge is 0.319 e. The molecule has 0 saturated heterocycles. The van der Waals surface area contributed by atoms with Crippen molar-refractivity contribution in [3.8, 4) is 18.0 Å². The molecule has 0 radical (unpaired) electrons. The summed E-state index contributed by atoms with van der Waals surface area (Å²) in [6.45, 7) is 5.43. The maximum absolute atomic E-state index is 11.4. The molecule has 1 aliphatic heterocycles. The number of rotatable bonds is 3. The van der Waals surface area contributed by atoms with Crippen molar-refractivity contribution in [1.29, 1.82) is 5.26 Å². The molecule has 0 amide bonds. The Bertz CT molecular complexity index is 889. The lowest BCUT2D eigenvalue weighted by atomic mass is 9.94. The van der Waals surface area contributed by atoms with Crippen LogP contribution >= 0.6 is 0 Å². The van der Waals surface area contributed by atoms with Gasteiger partial charge in [-0.2, -0.15) is 15.2 Å². The van der Waals surface area contributed by atoms with Crippen LogP contribution in [0.15, 0.2) is 18.2 Å². The lowest BCUT2D eigenvalue weighted by Gasteiger charge is -2.27. The Morgan fingerprint density at radius 2 is 1.88 bits per heavy atom. The minimum Gasteiger partial charge on any atom is -0.481 e. The second-order valence-corrected chi connectivity index (χ2v) is 6.40. The summed E-state index contributed by atoms with van der Waals surface area (Å²) in [5.74, 6) is -1.57. The number of hydrogen-bond donors (Lipinski definition) is 1. The van der Waals surface area contributed by atoms with Crippen LogP contribution in [0.3, 0.4) is 0 Å². The van der Waals surface area contributed by atoms with E-state index in [2.05, 4.69) is 16.0 Å². The highest BCUT2D eigenvalue weighted by atomic mass is 16.6. The van der Waals surface area contributed by atoms with E-state index in [0.29, 0.717) is 16.7 Å². The molecule has 1 N–H and O–H groups in total. The number of nitrogens with zero attached hydrogens (tertiary/aromatic N) is 3. The summed E-state index contributed by atoms with van der Waals surface area (Å²) in [5.41, 5.74) is 1.54. The Morgan fingerprint density at radius 1 is 1.16 bits per heavy atom. The first-order valence-electron chi connectivity index (χ1n) is 7.71. The van der Waals surface area contributed by atoms with Crippen molar-refractivity contribution in [3.05, 3.63) is 46.1 Å². The largest absolute Gasteiger partial charge is 0.481 e. The summed E-state index contributed by atoms with van der Waals surface area (Å²) in [6.07, 6.45) is 0. The third-order valence-electron chi connectivity index (χ3n) is 4.15. The molecule has 0 spiro atoms. The predicted octanol–water partition coefficient (Wildman–Crippen LogP) is 2.13. The molecule has 3 rings (SSSR count). The molecule has 2 aromatic rings. The maximum atomic E-state index is 11.4. The maximum Gasteiger partial charge on any atom is 0.319 e. The van der Waals surface area contributed by atoms with Gasteiger partial charge in [-0.15, -0.1) is 0 Å². The molecule has 1 unspecified atom stereocenters. The van der Waals surface area contributed by atoms with Crippen molar-refractivity contribution in [2.75, 3.05) is 14.2 Å². The number of methoxy groups -OCH3 is 2. The summed E-state index contributed by atoms with van der Waals surface area (Å²) >= 11 is 0. The average molecular weight is 341 g/mol. The zero-order valence-electron chi connectivity index (χ0n) is 14.7. The van der Waals surface area contributed by atoms with Crippen molar-refractivity contribution in [1.82, 2.24) is 9.97 Å². The van der Waals surface area contributed by atoms with Gasteiger partial charge in [0.25, 0.3) is 0 Å². The molecule has 0 saturated carbocycles. The predicted molar refractivity (Wildman–Crippen MR) is 88.1 cm³/mol. The monoisotopic (exact) mass is 341 g/mol. The average Bonchev–Trinajstić information content (AvgIpc) is 2.80. The summed E-state index contributed by atoms with van der Waals surface area (Å²) in [5, 5.41) is 20.6. The SMILES string of the molecule is COc1nc(OC)c2c(n1)C(O)(c1cc(C)cc(C#N)c1)OC2(C)C. The summed E-state index contributed by atoms with van der Waals surface area (Å²) in [6, 6.07) is 7.22. The lowest BCUT2D eigenvalue weighted by molar-refractivity contribution is -0.224. The van der Waals surface area contributed by atoms with E-state index in [0.717, 1.165) is 5.56 Å². The third kappa shape index (κ3) is 2.60. The highest BCUT2D eigenvalue weighted by Gasteiger charge is 2.53. The molecule has 1 atom stereocenters. The van der Waals surface area contributed by atoms with Crippen LogP contribution in [0, 0.1) is 18.3 Å². The van der Waals surface area contributed by atoms with Crippen LogP contribution in [0.1, 0.15) is 41.8 Å². The van der Waals surface area contributed by atoms with E-state index in [4.69, 9.17) is 14.2 Å². The van der Waals surface area contributed by atoms with Crippen molar-refractivity contribution in [2.45, 2.75) is 32.2 Å². The van der Waals surface area contributed by atoms with E-state index >= 15 is 0 Å². The molecule has 1 aromatic carbocycles. The first-order valence-corrected chi connectivity index (χ1v) is 7.71. The molecule has 130 valence electrons. The topological polar surface area (TPSA) is 97.5 Å². The highest BCUT2D eigenvalue weighted by Crippen LogP contribution is 2.51. The van der Waals surface area contributed by atoms with Gasteiger partial charge in [-0.25, -0.2) is 0 Å². The highest BCUT2D eigenvalue weighted by molar-refractivity contribution is 5.49. The van der Waals surface area contributed by atoms with Gasteiger partial charge < -0.3 is 19.3 Å². The standard InChI is InChI=1S/C18H19N3O4/c1-10-6-11(9-19)8-12(7-10)18(22)14-13(17(2,3)25-18)15(23-4)21-16(20-14)24-5/h6-8,22H,1-5H3. The summed E-state index contributed by atoms with van der Waals surface area (Å²) in [7, 11) is 2.91. The fourth-order valence-corrected chi connectivity index (χ4v) is 3.16. The van der Waals surface area contributed by atoms with Gasteiger partial charge in [0.2, 0.25) is 11.7 Å². The first kappa shape index (κ1) is 17.1. The minimum atomic E-state index is -1.85. The van der Waals surface area contributed by atoms with Crippen molar-refractivity contribution in [3.63, 3.8) is 0 Å². The van der Waals surface area contributed by atoms with Gasteiger partial charge in [0.1, 0.15) is 5.69 Å². The Morgan fingerprint density at radius 3 is 2.48 bits per heavy atom. The number of aliphatic hydroxyl groups is 1. The van der Waals surface area contributed by atoms with Gasteiger partial charge in [0, 0.05) is 5.56 Å². The van der Waals surface area contributed by atoms with Crippen LogP contribution in [0.5, 0.6) is 11.9 Å². The van der Waals surface area contributed by atoms with Crippen molar-refractivity contribution in [2.24, 2.45) is 0 Å². The van der Waals surface area contributed by atoms with Crippen LogP contribution in [0.4, 0.5) is 0 Å². The molecular formula is C18H19N3O4. The van der Waals surface area contributed by atoms with E-state index in [1.807, 2.05) is 6.92 Å². The zero-order valence-corrected chi connectivity index (χ0v) is 14.7. The number of aromatic nitrogens is 2. The Hall–Kier alpha value is -2.69. The molecule has 0 bridgehead atoms. The second-order valence-electron chi connectivity index (χ2n) is 6.40. The van der Waals surface area contributed by atoms with Gasteiger partial charge in [0.05, 0.1) is 37.0 Å². The second kappa shape index (κ2) is 5.69. The molecule has 0 fully saturated rings. The van der Waals surface area contributed by atoms with Crippen LogP contribution < -0.4 is 9.47 Å². The van der Waals surface area contributed by atoms with Gasteiger partial charge in [-0.1, -0.05) is 6.07 Å². The van der Waals surface area contributed by atoms with Gasteiger partial charge in [-0.3, -0.25) is 0 Å². The summed E-state index contributed by atoms with van der Waals surface area (Å²) < 4.78 is 16.5. The van der Waals surface area contributed by atoms with Gasteiger partial charge in [-0.05, 0) is 38.5 Å².